The molecule has 1 unspecified atom stereocenters. The summed E-state index contributed by atoms with van der Waals surface area (Å²) < 4.78 is 2.24. The number of hydrogen-bond acceptors (Lipinski definition) is 3. The van der Waals surface area contributed by atoms with Gasteiger partial charge in [0, 0.05) is 13.7 Å². The molecular formula is C10H9ClI3NO3. The molecule has 18 heavy (non-hydrogen) atoms. The summed E-state index contributed by atoms with van der Waals surface area (Å²) in [5.74, 6) is -0.822. The lowest BCUT2D eigenvalue weighted by Gasteiger charge is -2.15. The van der Waals surface area contributed by atoms with Gasteiger partial charge in [-0.25, -0.2) is 4.79 Å². The number of benzene rings is 1. The van der Waals surface area contributed by atoms with Crippen LogP contribution < -0.4 is 5.32 Å². The molecule has 1 aromatic carbocycles. The van der Waals surface area contributed by atoms with Gasteiger partial charge < -0.3 is 15.5 Å². The van der Waals surface area contributed by atoms with Crippen LogP contribution in [-0.2, 0) is 0 Å². The van der Waals surface area contributed by atoms with Gasteiger partial charge >= 0.3 is 5.97 Å². The molecule has 4 nitrogen and oxygen atoms in total. The maximum Gasteiger partial charge on any atom is 0.337 e. The minimum absolute atomic E-state index is 0.135. The van der Waals surface area contributed by atoms with Crippen LogP contribution in [0.3, 0.4) is 0 Å². The van der Waals surface area contributed by atoms with Crippen molar-refractivity contribution < 1.29 is 15.0 Å². The Morgan fingerprint density at radius 2 is 2.00 bits per heavy atom. The summed E-state index contributed by atoms with van der Waals surface area (Å²) >= 11 is 11.6. The third-order valence-corrected chi connectivity index (χ3v) is 5.21. The van der Waals surface area contributed by atoms with Gasteiger partial charge in [0.05, 0.1) is 26.8 Å². The molecule has 1 rings (SSSR count). The van der Waals surface area contributed by atoms with Gasteiger partial charge in [-0.05, 0) is 73.8 Å². The Morgan fingerprint density at radius 1 is 1.39 bits per heavy atom. The SMILES string of the molecule is O=C(O)c1c(I)cc(I)c(NCC(O)CCl)c1I. The Labute approximate surface area is 150 Å². The average molecular weight is 607 g/mol. The molecule has 0 spiro atoms. The van der Waals surface area contributed by atoms with E-state index in [0.29, 0.717) is 7.14 Å². The first kappa shape index (κ1) is 17.0. The molecular weight excluding hydrogens is 598 g/mol. The summed E-state index contributed by atoms with van der Waals surface area (Å²) in [6, 6.07) is 1.79. The maximum atomic E-state index is 11.2. The summed E-state index contributed by atoms with van der Waals surface area (Å²) in [7, 11) is 0. The summed E-state index contributed by atoms with van der Waals surface area (Å²) in [5.41, 5.74) is 0.998. The van der Waals surface area contributed by atoms with Gasteiger partial charge in [0.2, 0.25) is 0 Å². The first-order chi connectivity index (χ1) is 8.38. The predicted octanol–water partition coefficient (Wildman–Crippen LogP) is 3.21. The molecule has 0 aliphatic carbocycles. The van der Waals surface area contributed by atoms with Crippen molar-refractivity contribution in [3.05, 3.63) is 22.3 Å². The zero-order valence-electron chi connectivity index (χ0n) is 8.88. The third-order valence-electron chi connectivity index (χ3n) is 2.08. The van der Waals surface area contributed by atoms with E-state index in [4.69, 9.17) is 11.6 Å². The van der Waals surface area contributed by atoms with E-state index in [0.717, 1.165) is 9.26 Å². The molecule has 3 N–H and O–H groups in total. The second-order valence-corrected chi connectivity index (χ2v) is 7.11. The fourth-order valence-electron chi connectivity index (χ4n) is 1.22. The smallest absolute Gasteiger partial charge is 0.337 e. The van der Waals surface area contributed by atoms with Crippen LogP contribution in [0.4, 0.5) is 5.69 Å². The molecule has 0 heterocycles. The molecule has 100 valence electrons. The van der Waals surface area contributed by atoms with Crippen LogP contribution in [0, 0.1) is 10.7 Å². The number of carbonyl (C=O) groups is 1. The number of alkyl halides is 1. The minimum atomic E-state index is -0.957. The van der Waals surface area contributed by atoms with Crippen molar-refractivity contribution in [3.8, 4) is 0 Å². The number of carboxylic acid groups (broad SMARTS) is 1. The molecule has 0 fully saturated rings. The molecule has 0 saturated carbocycles. The van der Waals surface area contributed by atoms with Crippen LogP contribution in [-0.4, -0.2) is 34.7 Å². The Hall–Kier alpha value is 0.930. The lowest BCUT2D eigenvalue weighted by atomic mass is 10.2. The van der Waals surface area contributed by atoms with E-state index < -0.39 is 12.1 Å². The molecule has 0 aliphatic heterocycles. The Bertz CT molecular complexity index is 470. The Morgan fingerprint density at radius 3 is 2.50 bits per heavy atom. The van der Waals surface area contributed by atoms with Gasteiger partial charge in [0.25, 0.3) is 0 Å². The number of hydrogen-bond donors (Lipinski definition) is 3. The summed E-state index contributed by atoms with van der Waals surface area (Å²) in [6.07, 6.45) is -0.661. The highest BCUT2D eigenvalue weighted by atomic mass is 127. The number of nitrogens with one attached hydrogen (secondary N) is 1. The van der Waals surface area contributed by atoms with Gasteiger partial charge in [-0.3, -0.25) is 0 Å². The topological polar surface area (TPSA) is 69.6 Å². The normalized spacial score (nSPS) is 12.3. The molecule has 1 aromatic rings. The van der Waals surface area contributed by atoms with E-state index in [9.17, 15) is 15.0 Å². The zero-order valence-corrected chi connectivity index (χ0v) is 16.1. The number of aliphatic hydroxyl groups excluding tert-OH is 1. The zero-order chi connectivity index (χ0) is 13.9. The van der Waals surface area contributed by atoms with Gasteiger partial charge in [-0.1, -0.05) is 0 Å². The van der Waals surface area contributed by atoms with E-state index in [2.05, 4.69) is 27.9 Å². The highest BCUT2D eigenvalue weighted by Gasteiger charge is 2.19. The molecule has 8 heteroatoms. The predicted molar refractivity (Wildman–Crippen MR) is 96.8 cm³/mol. The summed E-state index contributed by atoms with van der Waals surface area (Å²) in [5, 5.41) is 21.6. The fourth-order valence-corrected chi connectivity index (χ4v) is 5.55. The highest BCUT2D eigenvalue weighted by Crippen LogP contribution is 2.31. The number of aromatic carboxylic acids is 1. The van der Waals surface area contributed by atoms with Crippen molar-refractivity contribution in [3.63, 3.8) is 0 Å². The van der Waals surface area contributed by atoms with Gasteiger partial charge in [-0.15, -0.1) is 11.6 Å². The molecule has 0 radical (unpaired) electrons. The fraction of sp³-hybridized carbons (Fsp3) is 0.300. The van der Waals surface area contributed by atoms with Crippen LogP contribution in [0.5, 0.6) is 0 Å². The molecule has 0 aliphatic rings. The quantitative estimate of drug-likeness (QED) is 0.356. The van der Waals surface area contributed by atoms with Gasteiger partial charge in [0.1, 0.15) is 0 Å². The molecule has 1 atom stereocenters. The second-order valence-electron chi connectivity index (χ2n) is 3.40. The van der Waals surface area contributed by atoms with E-state index in [-0.39, 0.29) is 18.0 Å². The minimum Gasteiger partial charge on any atom is -0.478 e. The molecule has 0 saturated heterocycles. The lowest BCUT2D eigenvalue weighted by Crippen LogP contribution is -2.22. The first-order valence-corrected chi connectivity index (χ1v) is 8.54. The standard InChI is InChI=1S/C10H9ClI3NO3/c11-2-4(16)3-15-9-6(13)1-5(12)7(8(9)14)10(17)18/h1,4,15-16H,2-3H2,(H,17,18). The largest absolute Gasteiger partial charge is 0.478 e. The van der Waals surface area contributed by atoms with E-state index >= 15 is 0 Å². The highest BCUT2D eigenvalue weighted by molar-refractivity contribution is 14.1. The summed E-state index contributed by atoms with van der Waals surface area (Å²) in [4.78, 5) is 11.2. The van der Waals surface area contributed by atoms with Crippen molar-refractivity contribution in [2.24, 2.45) is 0 Å². The monoisotopic (exact) mass is 607 g/mol. The Balaban J connectivity index is 3.11. The van der Waals surface area contributed by atoms with Crippen molar-refractivity contribution in [1.29, 1.82) is 0 Å². The van der Waals surface area contributed by atoms with Crippen LogP contribution >= 0.6 is 79.4 Å². The van der Waals surface area contributed by atoms with Crippen LogP contribution in [0.25, 0.3) is 0 Å². The first-order valence-electron chi connectivity index (χ1n) is 4.77. The number of halogens is 4. The van der Waals surface area contributed by atoms with Crippen LogP contribution in [0.1, 0.15) is 10.4 Å². The lowest BCUT2D eigenvalue weighted by molar-refractivity contribution is 0.0694. The van der Waals surface area contributed by atoms with Crippen molar-refractivity contribution in [2.45, 2.75) is 6.10 Å². The van der Waals surface area contributed by atoms with E-state index in [1.165, 1.54) is 0 Å². The third kappa shape index (κ3) is 4.21. The van der Waals surface area contributed by atoms with Crippen LogP contribution in [0.2, 0.25) is 0 Å². The number of rotatable bonds is 5. The molecule has 0 amide bonds. The Kier molecular flexibility index (Phi) is 7.21. The van der Waals surface area contributed by atoms with Crippen molar-refractivity contribution in [2.75, 3.05) is 17.7 Å². The van der Waals surface area contributed by atoms with Gasteiger partial charge in [0.15, 0.2) is 0 Å². The number of aliphatic hydroxyl groups is 1. The second kappa shape index (κ2) is 7.64. The van der Waals surface area contributed by atoms with Crippen molar-refractivity contribution in [1.82, 2.24) is 0 Å². The average Bonchev–Trinajstić information content (AvgIpc) is 2.27. The van der Waals surface area contributed by atoms with Crippen LogP contribution in [0.15, 0.2) is 6.07 Å². The van der Waals surface area contributed by atoms with Crippen molar-refractivity contribution >= 4 is 91.0 Å². The number of carboxylic acids is 1. The number of anilines is 1. The maximum absolute atomic E-state index is 11.2. The van der Waals surface area contributed by atoms with E-state index in [1.807, 2.05) is 45.2 Å². The van der Waals surface area contributed by atoms with Gasteiger partial charge in [-0.2, -0.15) is 0 Å². The molecule has 0 aromatic heterocycles. The molecule has 0 bridgehead atoms. The van der Waals surface area contributed by atoms with E-state index in [1.54, 1.807) is 6.07 Å². The summed E-state index contributed by atoms with van der Waals surface area (Å²) in [6.45, 7) is 0.287.